The molecule has 2 fully saturated rings. The Balaban J connectivity index is 1.80. The van der Waals surface area contributed by atoms with E-state index in [1.807, 2.05) is 0 Å². The first-order valence-electron chi connectivity index (χ1n) is 9.18. The summed E-state index contributed by atoms with van der Waals surface area (Å²) in [7, 11) is -0.381. The number of halogens is 1. The summed E-state index contributed by atoms with van der Waals surface area (Å²) >= 11 is 6.71. The van der Waals surface area contributed by atoms with Crippen molar-refractivity contribution < 1.29 is 9.31 Å². The summed E-state index contributed by atoms with van der Waals surface area (Å²) in [5.74, 6) is 0. The highest BCUT2D eigenvalue weighted by atomic mass is 35.5. The zero-order valence-corrected chi connectivity index (χ0v) is 16.5. The fraction of sp³-hybridized carbons (Fsp3) is 0.700. The molecule has 4 rings (SSSR count). The normalized spacial score (nSPS) is 28.0. The van der Waals surface area contributed by atoms with E-state index >= 15 is 0 Å². The van der Waals surface area contributed by atoms with Crippen molar-refractivity contribution in [1.29, 1.82) is 0 Å². The van der Waals surface area contributed by atoms with Crippen LogP contribution in [0.3, 0.4) is 0 Å². The standard InChI is InChI=1S/C20H28BClO2/c1-17(2)7-8-20(9-10-20)14-11-15(16(22)12-13(14)17)21-23-18(3,4)19(5,6)24-21/h11-12H,7-10H2,1-6H3. The van der Waals surface area contributed by atoms with Crippen LogP contribution in [0.2, 0.25) is 5.02 Å². The minimum Gasteiger partial charge on any atom is -0.399 e. The van der Waals surface area contributed by atoms with Gasteiger partial charge in [0.25, 0.3) is 0 Å². The number of hydrogen-bond acceptors (Lipinski definition) is 2. The van der Waals surface area contributed by atoms with Gasteiger partial charge in [-0.15, -0.1) is 0 Å². The monoisotopic (exact) mass is 346 g/mol. The lowest BCUT2D eigenvalue weighted by molar-refractivity contribution is 0.00578. The number of fused-ring (bicyclic) bond motifs is 2. The lowest BCUT2D eigenvalue weighted by Crippen LogP contribution is -2.41. The van der Waals surface area contributed by atoms with Crippen LogP contribution in [0.25, 0.3) is 0 Å². The van der Waals surface area contributed by atoms with E-state index in [1.165, 1.54) is 36.8 Å². The first-order chi connectivity index (χ1) is 11.0. The maximum atomic E-state index is 6.71. The highest BCUT2D eigenvalue weighted by Gasteiger charge is 2.54. The average Bonchev–Trinajstić information content (AvgIpc) is 3.19. The predicted octanol–water partition coefficient (Wildman–Crippen LogP) is 4.74. The lowest BCUT2D eigenvalue weighted by Gasteiger charge is -2.38. The maximum Gasteiger partial charge on any atom is 0.496 e. The largest absolute Gasteiger partial charge is 0.496 e. The van der Waals surface area contributed by atoms with Gasteiger partial charge >= 0.3 is 7.12 Å². The van der Waals surface area contributed by atoms with Crippen LogP contribution in [0.4, 0.5) is 0 Å². The van der Waals surface area contributed by atoms with Gasteiger partial charge in [-0.1, -0.05) is 31.5 Å². The van der Waals surface area contributed by atoms with Gasteiger partial charge in [-0.05, 0) is 81.4 Å². The van der Waals surface area contributed by atoms with Crippen LogP contribution in [-0.4, -0.2) is 18.3 Å². The topological polar surface area (TPSA) is 18.5 Å². The summed E-state index contributed by atoms with van der Waals surface area (Å²) in [5, 5.41) is 0.776. The molecule has 0 unspecified atom stereocenters. The summed E-state index contributed by atoms with van der Waals surface area (Å²) in [6, 6.07) is 4.49. The highest BCUT2D eigenvalue weighted by Crippen LogP contribution is 2.59. The first kappa shape index (κ1) is 16.9. The van der Waals surface area contributed by atoms with E-state index < -0.39 is 0 Å². The van der Waals surface area contributed by atoms with Crippen molar-refractivity contribution in [2.75, 3.05) is 0 Å². The molecule has 1 saturated carbocycles. The van der Waals surface area contributed by atoms with E-state index in [0.717, 1.165) is 10.5 Å². The van der Waals surface area contributed by atoms with E-state index in [9.17, 15) is 0 Å². The van der Waals surface area contributed by atoms with Crippen molar-refractivity contribution in [1.82, 2.24) is 0 Å². The molecule has 0 radical (unpaired) electrons. The first-order valence-corrected chi connectivity index (χ1v) is 9.55. The molecule has 1 aromatic rings. The van der Waals surface area contributed by atoms with Crippen LogP contribution in [0.1, 0.15) is 78.4 Å². The van der Waals surface area contributed by atoms with Crippen LogP contribution in [-0.2, 0) is 20.1 Å². The van der Waals surface area contributed by atoms with Crippen molar-refractivity contribution in [3.63, 3.8) is 0 Å². The molecule has 1 heterocycles. The number of rotatable bonds is 1. The molecule has 0 amide bonds. The smallest absolute Gasteiger partial charge is 0.399 e. The fourth-order valence-corrected chi connectivity index (χ4v) is 4.48. The number of benzene rings is 1. The van der Waals surface area contributed by atoms with Gasteiger partial charge < -0.3 is 9.31 Å². The van der Waals surface area contributed by atoms with Crippen LogP contribution in [0.15, 0.2) is 12.1 Å². The van der Waals surface area contributed by atoms with E-state index in [0.29, 0.717) is 5.41 Å². The second kappa shape index (κ2) is 4.81. The van der Waals surface area contributed by atoms with Gasteiger partial charge in [0.2, 0.25) is 0 Å². The molecule has 2 aliphatic carbocycles. The van der Waals surface area contributed by atoms with Gasteiger partial charge in [-0.3, -0.25) is 0 Å². The lowest BCUT2D eigenvalue weighted by atomic mass is 9.65. The van der Waals surface area contributed by atoms with E-state index in [4.69, 9.17) is 20.9 Å². The van der Waals surface area contributed by atoms with Gasteiger partial charge in [0.15, 0.2) is 0 Å². The zero-order valence-electron chi connectivity index (χ0n) is 15.8. The third-order valence-corrected chi connectivity index (χ3v) is 7.35. The predicted molar refractivity (Wildman–Crippen MR) is 100 cm³/mol. The Hall–Kier alpha value is -0.505. The van der Waals surface area contributed by atoms with E-state index in [2.05, 4.69) is 53.7 Å². The van der Waals surface area contributed by atoms with Crippen LogP contribution < -0.4 is 5.46 Å². The number of hydrogen-bond donors (Lipinski definition) is 0. The van der Waals surface area contributed by atoms with Gasteiger partial charge in [0.1, 0.15) is 0 Å². The SMILES string of the molecule is CC1(C)CCC2(CC2)c2cc(B3OC(C)(C)C(C)(C)O3)c(Cl)cc21. The minimum atomic E-state index is -0.381. The molecule has 24 heavy (non-hydrogen) atoms. The van der Waals surface area contributed by atoms with E-state index in [1.54, 1.807) is 0 Å². The van der Waals surface area contributed by atoms with Crippen molar-refractivity contribution >= 4 is 24.2 Å². The molecule has 1 saturated heterocycles. The summed E-state index contributed by atoms with van der Waals surface area (Å²) in [5.41, 5.74) is 3.83. The molecule has 1 spiro atoms. The van der Waals surface area contributed by atoms with Crippen molar-refractivity contribution in [3.05, 3.63) is 28.3 Å². The molecule has 130 valence electrons. The summed E-state index contributed by atoms with van der Waals surface area (Å²) in [6.07, 6.45) is 5.14. The molecular weight excluding hydrogens is 318 g/mol. The molecule has 3 aliphatic rings. The summed E-state index contributed by atoms with van der Waals surface area (Å²) < 4.78 is 12.5. The Kier molecular flexibility index (Phi) is 3.39. The molecule has 0 bridgehead atoms. The highest BCUT2D eigenvalue weighted by molar-refractivity contribution is 6.65. The summed E-state index contributed by atoms with van der Waals surface area (Å²) in [4.78, 5) is 0. The molecule has 1 aromatic carbocycles. The molecule has 1 aliphatic heterocycles. The fourth-order valence-electron chi connectivity index (χ4n) is 4.23. The van der Waals surface area contributed by atoms with Gasteiger partial charge in [0.05, 0.1) is 11.2 Å². The second-order valence-electron chi connectivity index (χ2n) is 9.67. The third kappa shape index (κ3) is 2.31. The quantitative estimate of drug-likeness (QED) is 0.684. The Morgan fingerprint density at radius 3 is 1.92 bits per heavy atom. The molecule has 2 nitrogen and oxygen atoms in total. The van der Waals surface area contributed by atoms with Crippen LogP contribution >= 0.6 is 11.6 Å². The Morgan fingerprint density at radius 1 is 0.833 bits per heavy atom. The molecule has 0 atom stereocenters. The third-order valence-electron chi connectivity index (χ3n) is 7.03. The van der Waals surface area contributed by atoms with Crippen molar-refractivity contribution in [2.45, 2.75) is 89.3 Å². The van der Waals surface area contributed by atoms with Gasteiger partial charge in [-0.25, -0.2) is 0 Å². The average molecular weight is 347 g/mol. The van der Waals surface area contributed by atoms with Gasteiger partial charge in [-0.2, -0.15) is 0 Å². The van der Waals surface area contributed by atoms with Crippen molar-refractivity contribution in [3.8, 4) is 0 Å². The zero-order chi connectivity index (χ0) is 17.5. The summed E-state index contributed by atoms with van der Waals surface area (Å²) in [6.45, 7) is 13.0. The van der Waals surface area contributed by atoms with Crippen LogP contribution in [0, 0.1) is 0 Å². The Labute approximate surface area is 151 Å². The molecule has 4 heteroatoms. The Bertz CT molecular complexity index is 688. The molecule has 0 N–H and O–H groups in total. The Morgan fingerprint density at radius 2 is 1.38 bits per heavy atom. The van der Waals surface area contributed by atoms with Gasteiger partial charge in [0, 0.05) is 10.5 Å². The molecular formula is C20H28BClO2. The van der Waals surface area contributed by atoms with E-state index in [-0.39, 0.29) is 23.7 Å². The van der Waals surface area contributed by atoms with Crippen molar-refractivity contribution in [2.24, 2.45) is 0 Å². The minimum absolute atomic E-state index is 0.196. The maximum absolute atomic E-state index is 6.71. The van der Waals surface area contributed by atoms with Crippen LogP contribution in [0.5, 0.6) is 0 Å². The second-order valence-corrected chi connectivity index (χ2v) is 10.1. The molecule has 0 aromatic heterocycles.